The lowest BCUT2D eigenvalue weighted by molar-refractivity contribution is -0.265. The summed E-state index contributed by atoms with van der Waals surface area (Å²) in [6.07, 6.45) is -12.9. The Balaban J connectivity index is 2.34. The lowest BCUT2D eigenvalue weighted by atomic mass is 10.0. The molecule has 0 amide bonds. The Kier molecular flexibility index (Phi) is 11.2. The second-order valence-corrected chi connectivity index (χ2v) is 13.2. The molecule has 1 unspecified atom stereocenters. The zero-order valence-corrected chi connectivity index (χ0v) is 22.9. The van der Waals surface area contributed by atoms with Gasteiger partial charge in [0.1, 0.15) is 24.4 Å². The van der Waals surface area contributed by atoms with Crippen LogP contribution in [0.4, 0.5) is 0 Å². The van der Waals surface area contributed by atoms with Crippen LogP contribution < -0.4 is 0 Å². The van der Waals surface area contributed by atoms with Crippen LogP contribution in [0.2, 0.25) is 0 Å². The van der Waals surface area contributed by atoms with E-state index < -0.39 is 114 Å². The van der Waals surface area contributed by atoms with Crippen LogP contribution in [0.3, 0.4) is 0 Å². The van der Waals surface area contributed by atoms with Gasteiger partial charge in [-0.25, -0.2) is 20.9 Å². The van der Waals surface area contributed by atoms with Crippen LogP contribution in [-0.2, 0) is 82.4 Å². The molecule has 39 heavy (non-hydrogen) atoms. The van der Waals surface area contributed by atoms with Gasteiger partial charge in [-0.15, -0.1) is 0 Å². The molecule has 1 saturated carbocycles. The molecule has 2 aliphatic rings. The molecule has 2 fully saturated rings. The average molecular weight is 679 g/mol. The van der Waals surface area contributed by atoms with Gasteiger partial charge in [0.25, 0.3) is 0 Å². The van der Waals surface area contributed by atoms with Crippen molar-refractivity contribution in [1.29, 1.82) is 0 Å². The first kappa shape index (κ1) is 34.5. The number of hydrogen-bond donors (Lipinski definition) is 5. The normalized spacial score (nSPS) is 31.4. The maximum Gasteiger partial charge on any atom is 0.397 e. The third-order valence-electron chi connectivity index (χ3n) is 4.91. The molecular weight excluding hydrogens is 656 g/mol. The van der Waals surface area contributed by atoms with Crippen molar-refractivity contribution in [1.82, 2.24) is 0 Å². The molecule has 0 aromatic carbocycles. The summed E-state index contributed by atoms with van der Waals surface area (Å²) in [7, 11) is -26.1. The van der Waals surface area contributed by atoms with Gasteiger partial charge in [0.05, 0.1) is 19.3 Å². The number of hydrogen-bond acceptors (Lipinski definition) is 17. The fraction of sp³-hybridized carbons (Fsp3) is 1.00. The van der Waals surface area contributed by atoms with Gasteiger partial charge in [-0.05, 0) is 18.8 Å². The van der Waals surface area contributed by atoms with E-state index in [1.807, 2.05) is 0 Å². The van der Waals surface area contributed by atoms with Gasteiger partial charge in [-0.3, -0.25) is 22.8 Å². The highest BCUT2D eigenvalue weighted by Crippen LogP contribution is 2.36. The second-order valence-electron chi connectivity index (χ2n) is 7.89. The van der Waals surface area contributed by atoms with E-state index >= 15 is 0 Å². The van der Waals surface area contributed by atoms with Gasteiger partial charge < -0.3 is 9.47 Å². The molecule has 0 bridgehead atoms. The lowest BCUT2D eigenvalue weighted by Crippen LogP contribution is -2.55. The minimum atomic E-state index is -5.44. The van der Waals surface area contributed by atoms with E-state index in [1.165, 1.54) is 0 Å². The van der Waals surface area contributed by atoms with Crippen LogP contribution in [0.1, 0.15) is 19.3 Å². The van der Waals surface area contributed by atoms with Gasteiger partial charge in [0.2, 0.25) is 0 Å². The van der Waals surface area contributed by atoms with Gasteiger partial charge in [-0.2, -0.15) is 42.1 Å². The fourth-order valence-electron chi connectivity index (χ4n) is 3.75. The van der Waals surface area contributed by atoms with Crippen LogP contribution in [0, 0.1) is 5.92 Å². The third kappa shape index (κ3) is 13.7. The third-order valence-corrected chi connectivity index (χ3v) is 7.23. The van der Waals surface area contributed by atoms with Crippen molar-refractivity contribution in [2.75, 3.05) is 13.2 Å². The van der Waals surface area contributed by atoms with E-state index in [9.17, 15) is 42.1 Å². The SMILES string of the molecule is O=S(=O)(O)OC[C@@H]1C[C@H](OS(=O)(=O)O)[C@H](OC2C[C@@H](OS(=O)(=O)O)[C@H](OS(=O)(=O)O)[C@@H](COS(=O)(=O)O)O2)C1. The maximum atomic E-state index is 11.3. The molecule has 2 rings (SSSR count). The summed E-state index contributed by atoms with van der Waals surface area (Å²) in [6.45, 7) is -2.05. The minimum Gasteiger partial charge on any atom is -0.347 e. The van der Waals surface area contributed by atoms with E-state index in [4.69, 9.17) is 32.2 Å². The Labute approximate surface area is 222 Å². The Morgan fingerprint density at radius 2 is 1.03 bits per heavy atom. The van der Waals surface area contributed by atoms with Crippen molar-refractivity contribution in [3.63, 3.8) is 0 Å². The van der Waals surface area contributed by atoms with Gasteiger partial charge in [0.15, 0.2) is 6.29 Å². The second kappa shape index (κ2) is 12.6. The highest BCUT2D eigenvalue weighted by molar-refractivity contribution is 7.81. The Morgan fingerprint density at radius 1 is 0.564 bits per heavy atom. The van der Waals surface area contributed by atoms with Gasteiger partial charge in [-0.1, -0.05) is 0 Å². The summed E-state index contributed by atoms with van der Waals surface area (Å²) >= 11 is 0. The molecule has 7 atom stereocenters. The molecule has 1 aliphatic heterocycles. The summed E-state index contributed by atoms with van der Waals surface area (Å²) in [4.78, 5) is 0. The molecule has 0 aromatic rings. The molecule has 1 saturated heterocycles. The van der Waals surface area contributed by atoms with Crippen molar-refractivity contribution in [2.24, 2.45) is 5.92 Å². The first-order chi connectivity index (χ1) is 17.4. The zero-order chi connectivity index (χ0) is 30.0. The van der Waals surface area contributed by atoms with E-state index in [2.05, 4.69) is 20.9 Å². The first-order valence-corrected chi connectivity index (χ1v) is 16.7. The minimum absolute atomic E-state index is 0.323. The molecule has 0 spiro atoms. The smallest absolute Gasteiger partial charge is 0.347 e. The summed E-state index contributed by atoms with van der Waals surface area (Å²) < 4.78 is 188. The van der Waals surface area contributed by atoms with Crippen molar-refractivity contribution >= 4 is 52.0 Å². The molecule has 1 aliphatic carbocycles. The van der Waals surface area contributed by atoms with Crippen LogP contribution in [-0.4, -0.2) is 115 Å². The molecule has 27 heteroatoms. The molecular formula is C12H22O22S5. The Hall–Kier alpha value is -0.730. The molecule has 22 nitrogen and oxygen atoms in total. The predicted molar refractivity (Wildman–Crippen MR) is 115 cm³/mol. The first-order valence-electron chi connectivity index (χ1n) is 9.91. The number of ether oxygens (including phenoxy) is 2. The predicted octanol–water partition coefficient (Wildman–Crippen LogP) is -2.90. The van der Waals surface area contributed by atoms with Crippen LogP contribution in [0.25, 0.3) is 0 Å². The zero-order valence-electron chi connectivity index (χ0n) is 18.8. The average Bonchev–Trinajstić information content (AvgIpc) is 3.03. The quantitative estimate of drug-likeness (QED) is 0.115. The molecule has 0 aromatic heterocycles. The summed E-state index contributed by atoms with van der Waals surface area (Å²) in [5.41, 5.74) is 0. The lowest BCUT2D eigenvalue weighted by Gasteiger charge is -2.40. The summed E-state index contributed by atoms with van der Waals surface area (Å²) in [5, 5.41) is 0. The highest BCUT2D eigenvalue weighted by atomic mass is 32.3. The molecule has 232 valence electrons. The molecule has 1 heterocycles. The molecule has 0 radical (unpaired) electrons. The van der Waals surface area contributed by atoms with Gasteiger partial charge >= 0.3 is 52.0 Å². The van der Waals surface area contributed by atoms with Crippen molar-refractivity contribution < 1.29 is 95.2 Å². The van der Waals surface area contributed by atoms with Crippen LogP contribution in [0.15, 0.2) is 0 Å². The van der Waals surface area contributed by atoms with E-state index in [0.717, 1.165) is 0 Å². The van der Waals surface area contributed by atoms with Gasteiger partial charge in [0, 0.05) is 6.42 Å². The highest BCUT2D eigenvalue weighted by Gasteiger charge is 2.48. The van der Waals surface area contributed by atoms with Crippen LogP contribution >= 0.6 is 0 Å². The van der Waals surface area contributed by atoms with Crippen molar-refractivity contribution in [3.8, 4) is 0 Å². The van der Waals surface area contributed by atoms with Crippen molar-refractivity contribution in [2.45, 2.75) is 56.1 Å². The monoisotopic (exact) mass is 678 g/mol. The Bertz CT molecular complexity index is 1380. The van der Waals surface area contributed by atoms with E-state index in [0.29, 0.717) is 0 Å². The van der Waals surface area contributed by atoms with E-state index in [1.54, 1.807) is 0 Å². The van der Waals surface area contributed by atoms with Crippen LogP contribution in [0.5, 0.6) is 0 Å². The molecule has 5 N–H and O–H groups in total. The summed E-state index contributed by atoms with van der Waals surface area (Å²) in [6, 6.07) is 0. The standard InChI is InChI=1S/C12H22O22S5/c13-35(14,15)28-4-6-1-7(8(2-6)32-37(19,20)21)30-11-3-9(33-38(22,23)24)12(34-39(25,26)27)10(31-11)5-29-36(16,17)18/h6-12H,1-5H2,(H,13,14,15)(H,16,17,18)(H,19,20,21)(H,22,23,24)(H,25,26,27)/t6-,7+,8-,9+,10+,11?,12-/m0/s1. The number of rotatable bonds is 14. The Morgan fingerprint density at radius 3 is 1.51 bits per heavy atom. The largest absolute Gasteiger partial charge is 0.397 e. The van der Waals surface area contributed by atoms with E-state index in [-0.39, 0.29) is 12.8 Å². The fourth-order valence-corrected chi connectivity index (χ4v) is 5.97. The topological polar surface area (TPSA) is 336 Å². The summed E-state index contributed by atoms with van der Waals surface area (Å²) in [5.74, 6) is -0.911. The maximum absolute atomic E-state index is 11.3. The van der Waals surface area contributed by atoms with Crippen molar-refractivity contribution in [3.05, 3.63) is 0 Å².